The van der Waals surface area contributed by atoms with Crippen LogP contribution in [-0.4, -0.2) is 15.0 Å². The van der Waals surface area contributed by atoms with Gasteiger partial charge in [0.2, 0.25) is 0 Å². The van der Waals surface area contributed by atoms with E-state index in [1.807, 2.05) is 11.3 Å². The van der Waals surface area contributed by atoms with Gasteiger partial charge in [-0.3, -0.25) is 5.32 Å². The molecule has 242 valence electrons. The highest BCUT2D eigenvalue weighted by Gasteiger charge is 2.29. The van der Waals surface area contributed by atoms with E-state index in [1.54, 1.807) is 0 Å². The van der Waals surface area contributed by atoms with Crippen molar-refractivity contribution in [3.05, 3.63) is 175 Å². The van der Waals surface area contributed by atoms with Gasteiger partial charge in [0.1, 0.15) is 12.0 Å². The van der Waals surface area contributed by atoms with Gasteiger partial charge in [0.25, 0.3) is 0 Å². The zero-order valence-corrected chi connectivity index (χ0v) is 28.3. The van der Waals surface area contributed by atoms with E-state index in [0.29, 0.717) is 0 Å². The summed E-state index contributed by atoms with van der Waals surface area (Å²) in [5, 5.41) is 15.3. The number of nitrogens with one attached hydrogen (secondary N) is 2. The number of hydrogen-bond donors (Lipinski definition) is 2. The van der Waals surface area contributed by atoms with E-state index in [1.165, 1.54) is 58.3 Å². The zero-order chi connectivity index (χ0) is 33.5. The molecule has 2 N–H and O–H groups in total. The topological polar surface area (TPSA) is 46.3 Å². The number of thiophene rings is 1. The molecule has 2 atom stereocenters. The molecule has 0 saturated carbocycles. The number of nitrogens with zero attached hydrogens (tertiary/aromatic N) is 3. The Morgan fingerprint density at radius 3 is 1.96 bits per heavy atom. The van der Waals surface area contributed by atoms with Crippen molar-refractivity contribution in [1.29, 1.82) is 0 Å². The molecule has 11 rings (SSSR count). The number of aromatic nitrogens is 2. The number of amidine groups is 1. The molecular weight excluding hydrogens is 643 g/mol. The van der Waals surface area contributed by atoms with Gasteiger partial charge >= 0.3 is 0 Å². The maximum atomic E-state index is 5.42. The highest BCUT2D eigenvalue weighted by Crippen LogP contribution is 2.43. The summed E-state index contributed by atoms with van der Waals surface area (Å²) in [6.45, 7) is 0. The van der Waals surface area contributed by atoms with E-state index in [0.717, 1.165) is 28.1 Å². The van der Waals surface area contributed by atoms with Crippen molar-refractivity contribution in [3.63, 3.8) is 0 Å². The Labute approximate surface area is 297 Å². The third kappa shape index (κ3) is 4.34. The van der Waals surface area contributed by atoms with Crippen LogP contribution in [0.2, 0.25) is 0 Å². The molecule has 0 radical (unpaired) electrons. The van der Waals surface area contributed by atoms with Gasteiger partial charge in [0.15, 0.2) is 6.29 Å². The molecule has 3 aromatic heterocycles. The summed E-state index contributed by atoms with van der Waals surface area (Å²) in [6, 6.07) is 58.8. The Kier molecular flexibility index (Phi) is 6.26. The number of hydrogen-bond acceptors (Lipinski definition) is 4. The second-order valence-electron chi connectivity index (χ2n) is 13.2. The SMILES string of the molecule is c1ccc(C2=NC(n3c4ccccc4c4c5c6ccccc6n(-c6ccccc6)c5ccc43)NC(c3ccc4c(c3)sc3ccccc34)N2)cc1. The molecule has 0 fully saturated rings. The van der Waals surface area contributed by atoms with Gasteiger partial charge in [-0.2, -0.15) is 0 Å². The quantitative estimate of drug-likeness (QED) is 0.195. The van der Waals surface area contributed by atoms with Crippen molar-refractivity contribution >= 4 is 81.0 Å². The highest BCUT2D eigenvalue weighted by atomic mass is 32.1. The molecule has 1 aliphatic rings. The minimum absolute atomic E-state index is 0.169. The number of para-hydroxylation sites is 3. The lowest BCUT2D eigenvalue weighted by atomic mass is 10.1. The van der Waals surface area contributed by atoms with E-state index in [2.05, 4.69) is 184 Å². The highest BCUT2D eigenvalue weighted by molar-refractivity contribution is 7.25. The second kappa shape index (κ2) is 11.2. The normalized spacial score (nSPS) is 16.4. The molecule has 2 unspecified atom stereocenters. The molecule has 51 heavy (non-hydrogen) atoms. The Balaban J connectivity index is 1.15. The number of rotatable bonds is 4. The molecule has 10 aromatic rings. The van der Waals surface area contributed by atoms with Gasteiger partial charge in [0.05, 0.1) is 22.1 Å². The standard InChI is InChI=1S/C45H31N5S/c1-3-13-28(14-4-1)43-46-44(29-23-24-32-31-17-9-12-22-39(31)51-40(32)27-29)48-45(47-43)50-36-21-11-8-19-34(36)42-38(50)26-25-37-41(42)33-18-7-10-20-35(33)49(37)30-15-5-2-6-16-30/h1-27,44-45,48H,(H,46,47). The summed E-state index contributed by atoms with van der Waals surface area (Å²) in [5.74, 6) is 0.869. The first-order valence-corrected chi connectivity index (χ1v) is 18.2. The summed E-state index contributed by atoms with van der Waals surface area (Å²) in [4.78, 5) is 5.42. The van der Waals surface area contributed by atoms with E-state index in [9.17, 15) is 0 Å². The van der Waals surface area contributed by atoms with Crippen LogP contribution >= 0.6 is 11.3 Å². The fourth-order valence-electron chi connectivity index (χ4n) is 8.18. The van der Waals surface area contributed by atoms with Gasteiger partial charge in [-0.05, 0) is 54.1 Å². The van der Waals surface area contributed by atoms with Crippen molar-refractivity contribution in [1.82, 2.24) is 19.8 Å². The van der Waals surface area contributed by atoms with Crippen LogP contribution in [0.5, 0.6) is 0 Å². The van der Waals surface area contributed by atoms with Gasteiger partial charge < -0.3 is 14.5 Å². The van der Waals surface area contributed by atoms with Crippen molar-refractivity contribution in [2.45, 2.75) is 12.5 Å². The minimum atomic E-state index is -0.369. The molecule has 0 aliphatic carbocycles. The monoisotopic (exact) mass is 673 g/mol. The molecule has 6 heteroatoms. The summed E-state index contributed by atoms with van der Waals surface area (Å²) >= 11 is 1.85. The first-order chi connectivity index (χ1) is 25.3. The van der Waals surface area contributed by atoms with Crippen molar-refractivity contribution < 1.29 is 0 Å². The second-order valence-corrected chi connectivity index (χ2v) is 14.3. The maximum absolute atomic E-state index is 5.42. The Hall–Kier alpha value is -6.21. The molecule has 5 nitrogen and oxygen atoms in total. The van der Waals surface area contributed by atoms with Gasteiger partial charge in [-0.25, -0.2) is 4.99 Å². The Bertz CT molecular complexity index is 2990. The molecule has 0 spiro atoms. The van der Waals surface area contributed by atoms with Gasteiger partial charge in [-0.1, -0.05) is 115 Å². The largest absolute Gasteiger partial charge is 0.350 e. The number of fused-ring (bicyclic) bond motifs is 10. The lowest BCUT2D eigenvalue weighted by Crippen LogP contribution is -2.46. The first kappa shape index (κ1) is 28.6. The van der Waals surface area contributed by atoms with Crippen LogP contribution in [0.1, 0.15) is 23.6 Å². The van der Waals surface area contributed by atoms with Crippen LogP contribution in [0, 0.1) is 0 Å². The predicted octanol–water partition coefficient (Wildman–Crippen LogP) is 11.1. The van der Waals surface area contributed by atoms with Crippen molar-refractivity contribution in [3.8, 4) is 5.69 Å². The maximum Gasteiger partial charge on any atom is 0.184 e. The predicted molar refractivity (Wildman–Crippen MR) is 214 cm³/mol. The first-order valence-electron chi connectivity index (χ1n) is 17.4. The van der Waals surface area contributed by atoms with Crippen molar-refractivity contribution in [2.75, 3.05) is 0 Å². The van der Waals surface area contributed by atoms with E-state index >= 15 is 0 Å². The van der Waals surface area contributed by atoms with Crippen LogP contribution in [0.3, 0.4) is 0 Å². The summed E-state index contributed by atoms with van der Waals surface area (Å²) < 4.78 is 7.38. The van der Waals surface area contributed by atoms with E-state index < -0.39 is 0 Å². The van der Waals surface area contributed by atoms with Crippen molar-refractivity contribution in [2.24, 2.45) is 4.99 Å². The smallest absolute Gasteiger partial charge is 0.184 e. The van der Waals surface area contributed by atoms with Crippen LogP contribution in [0.25, 0.3) is 69.5 Å². The average Bonchev–Trinajstić information content (AvgIpc) is 3.85. The molecule has 7 aromatic carbocycles. The fraction of sp³-hybridized carbons (Fsp3) is 0.0444. The molecule has 1 aliphatic heterocycles. The van der Waals surface area contributed by atoms with Gasteiger partial charge in [0, 0.05) is 53.0 Å². The molecule has 0 saturated heterocycles. The Morgan fingerprint density at radius 1 is 0.510 bits per heavy atom. The van der Waals surface area contributed by atoms with E-state index in [4.69, 9.17) is 4.99 Å². The Morgan fingerprint density at radius 2 is 1.14 bits per heavy atom. The summed E-state index contributed by atoms with van der Waals surface area (Å²) in [7, 11) is 0. The minimum Gasteiger partial charge on any atom is -0.350 e. The van der Waals surface area contributed by atoms with Crippen LogP contribution in [0.4, 0.5) is 0 Å². The zero-order valence-electron chi connectivity index (χ0n) is 27.5. The molecule has 0 bridgehead atoms. The van der Waals surface area contributed by atoms with Gasteiger partial charge in [-0.15, -0.1) is 11.3 Å². The molecule has 4 heterocycles. The summed E-state index contributed by atoms with van der Waals surface area (Å²) in [5.41, 5.74) is 8.08. The lowest BCUT2D eigenvalue weighted by molar-refractivity contribution is 0.341. The summed E-state index contributed by atoms with van der Waals surface area (Å²) in [6.07, 6.45) is -0.538. The third-order valence-corrected chi connectivity index (χ3v) is 11.5. The van der Waals surface area contributed by atoms with Crippen LogP contribution in [-0.2, 0) is 0 Å². The third-order valence-electron chi connectivity index (χ3n) is 10.4. The van der Waals surface area contributed by atoms with E-state index in [-0.39, 0.29) is 12.5 Å². The van der Waals surface area contributed by atoms with Crippen LogP contribution in [0.15, 0.2) is 169 Å². The molecule has 0 amide bonds. The molecular formula is C45H31N5S. The number of aliphatic imine (C=N–C) groups is 1. The fourth-order valence-corrected chi connectivity index (χ4v) is 9.33. The lowest BCUT2D eigenvalue weighted by Gasteiger charge is -2.33. The average molecular weight is 674 g/mol. The van der Waals surface area contributed by atoms with Crippen LogP contribution < -0.4 is 10.6 Å². The number of benzene rings is 7.